The molecular formula is C9H17O. The third-order valence-corrected chi connectivity index (χ3v) is 2.22. The normalized spacial score (nSPS) is 21.3. The van der Waals surface area contributed by atoms with Crippen molar-refractivity contribution in [1.29, 1.82) is 0 Å². The first kappa shape index (κ1) is 8.06. The van der Waals surface area contributed by atoms with Crippen LogP contribution in [-0.4, -0.2) is 6.61 Å². The quantitative estimate of drug-likeness (QED) is 0.587. The van der Waals surface area contributed by atoms with E-state index in [-0.39, 0.29) is 0 Å². The molecule has 0 atom stereocenters. The molecule has 0 aromatic rings. The van der Waals surface area contributed by atoms with Gasteiger partial charge in [0.15, 0.2) is 0 Å². The third-order valence-electron chi connectivity index (χ3n) is 2.22. The zero-order chi connectivity index (χ0) is 7.23. The van der Waals surface area contributed by atoms with Gasteiger partial charge in [-0.15, -0.1) is 0 Å². The molecular weight excluding hydrogens is 124 g/mol. The van der Waals surface area contributed by atoms with E-state index in [9.17, 15) is 0 Å². The topological polar surface area (TPSA) is 9.23 Å². The van der Waals surface area contributed by atoms with Crippen molar-refractivity contribution in [3.63, 3.8) is 0 Å². The van der Waals surface area contributed by atoms with Crippen molar-refractivity contribution in [2.45, 2.75) is 39.0 Å². The first-order valence-corrected chi connectivity index (χ1v) is 4.33. The standard InChI is InChI=1S/C9H17O/c1-2-10-8-9-6-4-3-5-7-9/h2,9H,3-8H2,1H3. The van der Waals surface area contributed by atoms with E-state index in [1.165, 1.54) is 32.1 Å². The minimum absolute atomic E-state index is 0.852. The van der Waals surface area contributed by atoms with E-state index >= 15 is 0 Å². The van der Waals surface area contributed by atoms with Crippen molar-refractivity contribution in [1.82, 2.24) is 0 Å². The van der Waals surface area contributed by atoms with Crippen LogP contribution in [0.1, 0.15) is 39.0 Å². The minimum atomic E-state index is 0.852. The molecule has 1 fully saturated rings. The van der Waals surface area contributed by atoms with Crippen LogP contribution in [0.15, 0.2) is 0 Å². The van der Waals surface area contributed by atoms with Crippen molar-refractivity contribution in [2.75, 3.05) is 6.61 Å². The molecule has 0 aromatic carbocycles. The Balaban J connectivity index is 2.02. The molecule has 0 unspecified atom stereocenters. The molecule has 0 aromatic heterocycles. The summed E-state index contributed by atoms with van der Waals surface area (Å²) in [6, 6.07) is 0. The Morgan fingerprint density at radius 3 is 2.60 bits per heavy atom. The molecule has 0 spiro atoms. The zero-order valence-corrected chi connectivity index (χ0v) is 6.81. The molecule has 0 amide bonds. The van der Waals surface area contributed by atoms with E-state index in [0.29, 0.717) is 0 Å². The Hall–Kier alpha value is -0.0400. The van der Waals surface area contributed by atoms with Gasteiger partial charge in [-0.25, -0.2) is 0 Å². The summed E-state index contributed by atoms with van der Waals surface area (Å²) in [5.41, 5.74) is 0. The highest BCUT2D eigenvalue weighted by atomic mass is 16.5. The maximum atomic E-state index is 5.25. The average Bonchev–Trinajstić information content (AvgIpc) is 2.03. The highest BCUT2D eigenvalue weighted by molar-refractivity contribution is 4.65. The summed E-state index contributed by atoms with van der Waals surface area (Å²) in [6.45, 7) is 4.70. The van der Waals surface area contributed by atoms with Gasteiger partial charge in [0.05, 0.1) is 6.61 Å². The highest BCUT2D eigenvalue weighted by Crippen LogP contribution is 2.23. The van der Waals surface area contributed by atoms with Gasteiger partial charge in [-0.05, 0) is 25.7 Å². The second-order valence-corrected chi connectivity index (χ2v) is 3.07. The molecule has 59 valence electrons. The van der Waals surface area contributed by atoms with Crippen molar-refractivity contribution >= 4 is 0 Å². The van der Waals surface area contributed by atoms with Gasteiger partial charge in [0.1, 0.15) is 0 Å². The van der Waals surface area contributed by atoms with Crippen LogP contribution in [0.4, 0.5) is 0 Å². The molecule has 1 rings (SSSR count). The van der Waals surface area contributed by atoms with E-state index in [4.69, 9.17) is 4.74 Å². The van der Waals surface area contributed by atoms with Crippen LogP contribution >= 0.6 is 0 Å². The van der Waals surface area contributed by atoms with Crippen LogP contribution in [0.3, 0.4) is 0 Å². The van der Waals surface area contributed by atoms with E-state index < -0.39 is 0 Å². The fourth-order valence-electron chi connectivity index (χ4n) is 1.59. The van der Waals surface area contributed by atoms with Gasteiger partial charge in [0.2, 0.25) is 0 Å². The molecule has 1 radical (unpaired) electrons. The molecule has 10 heavy (non-hydrogen) atoms. The van der Waals surface area contributed by atoms with Crippen LogP contribution in [0.25, 0.3) is 0 Å². The summed E-state index contributed by atoms with van der Waals surface area (Å²) in [7, 11) is 0. The van der Waals surface area contributed by atoms with Crippen molar-refractivity contribution in [3.05, 3.63) is 6.61 Å². The minimum Gasteiger partial charge on any atom is -0.376 e. The summed E-state index contributed by atoms with van der Waals surface area (Å²) >= 11 is 0. The Labute approximate surface area is 63.8 Å². The first-order chi connectivity index (χ1) is 4.93. The first-order valence-electron chi connectivity index (χ1n) is 4.33. The van der Waals surface area contributed by atoms with Gasteiger partial charge in [-0.1, -0.05) is 19.3 Å². The monoisotopic (exact) mass is 141 g/mol. The van der Waals surface area contributed by atoms with Gasteiger partial charge in [0.25, 0.3) is 0 Å². The Kier molecular flexibility index (Phi) is 3.81. The van der Waals surface area contributed by atoms with E-state index in [0.717, 1.165) is 12.5 Å². The fraction of sp³-hybridized carbons (Fsp3) is 0.889. The zero-order valence-electron chi connectivity index (χ0n) is 6.81. The van der Waals surface area contributed by atoms with Crippen molar-refractivity contribution in [3.8, 4) is 0 Å². The van der Waals surface area contributed by atoms with Gasteiger partial charge >= 0.3 is 0 Å². The molecule has 0 heterocycles. The molecule has 1 nitrogen and oxygen atoms in total. The molecule has 1 saturated carbocycles. The SMILES string of the molecule is C[CH]OCC1CCCCC1. The molecule has 0 saturated heterocycles. The lowest BCUT2D eigenvalue weighted by Gasteiger charge is -2.20. The molecule has 1 heteroatoms. The van der Waals surface area contributed by atoms with Crippen molar-refractivity contribution < 1.29 is 4.74 Å². The van der Waals surface area contributed by atoms with Crippen molar-refractivity contribution in [2.24, 2.45) is 5.92 Å². The Bertz CT molecular complexity index is 74.8. The fourth-order valence-corrected chi connectivity index (χ4v) is 1.59. The molecule has 0 aliphatic heterocycles. The van der Waals surface area contributed by atoms with Crippen LogP contribution in [0, 0.1) is 12.5 Å². The molecule has 0 N–H and O–H groups in total. The second-order valence-electron chi connectivity index (χ2n) is 3.07. The number of hydrogen-bond donors (Lipinski definition) is 0. The average molecular weight is 141 g/mol. The number of rotatable bonds is 3. The molecule has 1 aliphatic carbocycles. The third kappa shape index (κ3) is 2.70. The van der Waals surface area contributed by atoms with Crippen LogP contribution < -0.4 is 0 Å². The maximum absolute atomic E-state index is 5.25. The highest BCUT2D eigenvalue weighted by Gasteiger charge is 2.12. The van der Waals surface area contributed by atoms with E-state index in [1.807, 2.05) is 6.92 Å². The largest absolute Gasteiger partial charge is 0.376 e. The molecule has 1 aliphatic rings. The Morgan fingerprint density at radius 2 is 2.00 bits per heavy atom. The number of hydrogen-bond acceptors (Lipinski definition) is 1. The summed E-state index contributed by atoms with van der Waals surface area (Å²) in [5.74, 6) is 0.852. The van der Waals surface area contributed by atoms with Crippen LogP contribution in [0.5, 0.6) is 0 Å². The summed E-state index contributed by atoms with van der Waals surface area (Å²) in [6.07, 6.45) is 7.03. The second kappa shape index (κ2) is 4.73. The van der Waals surface area contributed by atoms with Gasteiger partial charge in [0, 0.05) is 6.61 Å². The number of ether oxygens (including phenoxy) is 1. The maximum Gasteiger partial charge on any atom is 0.0806 e. The lowest BCUT2D eigenvalue weighted by atomic mass is 9.90. The Morgan fingerprint density at radius 1 is 1.30 bits per heavy atom. The predicted molar refractivity (Wildman–Crippen MR) is 42.5 cm³/mol. The summed E-state index contributed by atoms with van der Waals surface area (Å²) in [4.78, 5) is 0. The summed E-state index contributed by atoms with van der Waals surface area (Å²) in [5, 5.41) is 0. The van der Waals surface area contributed by atoms with Crippen LogP contribution in [-0.2, 0) is 4.74 Å². The van der Waals surface area contributed by atoms with E-state index in [2.05, 4.69) is 0 Å². The van der Waals surface area contributed by atoms with Crippen LogP contribution in [0.2, 0.25) is 0 Å². The smallest absolute Gasteiger partial charge is 0.0806 e. The summed E-state index contributed by atoms with van der Waals surface area (Å²) < 4.78 is 5.25. The lowest BCUT2D eigenvalue weighted by molar-refractivity contribution is 0.136. The van der Waals surface area contributed by atoms with Gasteiger partial charge < -0.3 is 4.74 Å². The van der Waals surface area contributed by atoms with Gasteiger partial charge in [-0.3, -0.25) is 0 Å². The molecule has 0 bridgehead atoms. The van der Waals surface area contributed by atoms with Gasteiger partial charge in [-0.2, -0.15) is 0 Å². The predicted octanol–water partition coefficient (Wildman–Crippen LogP) is 2.76. The lowest BCUT2D eigenvalue weighted by Crippen LogP contribution is -2.11. The van der Waals surface area contributed by atoms with E-state index in [1.54, 1.807) is 6.61 Å².